The summed E-state index contributed by atoms with van der Waals surface area (Å²) < 4.78 is 27.7. The average molecular weight is 418 g/mol. The average Bonchev–Trinajstić information content (AvgIpc) is 3.22. The van der Waals surface area contributed by atoms with Crippen molar-refractivity contribution in [2.45, 2.75) is 17.9 Å². The van der Waals surface area contributed by atoms with E-state index in [1.54, 1.807) is 31.2 Å². The predicted octanol–water partition coefficient (Wildman–Crippen LogP) is 4.12. The van der Waals surface area contributed by atoms with Crippen LogP contribution in [0.3, 0.4) is 0 Å². The summed E-state index contributed by atoms with van der Waals surface area (Å²) in [5.41, 5.74) is 2.24. The van der Waals surface area contributed by atoms with E-state index in [0.717, 1.165) is 16.5 Å². The number of hydrogen-bond donors (Lipinski definition) is 2. The number of carbonyl (C=O) groups excluding carboxylic acids is 1. The molecule has 1 amide bonds. The zero-order chi connectivity index (χ0) is 20.1. The zero-order valence-electron chi connectivity index (χ0n) is 15.5. The molecule has 1 aromatic heterocycles. The molecule has 1 aliphatic rings. The van der Waals surface area contributed by atoms with Crippen LogP contribution in [0.1, 0.15) is 29.0 Å². The van der Waals surface area contributed by atoms with E-state index in [1.807, 2.05) is 29.8 Å². The number of fused-ring (bicyclic) bond motifs is 2. The number of ether oxygens (including phenoxy) is 1. The standard InChI is InChI=1S/C20H20ClN3O3S/c1-3-28(22,26)14-6-7-15-16(11-27-19(15)10-14)23-20(25)18-8-12-4-5-13(21)9-17(12)24(18)2/h4-10,16,22H,3,11H2,1-2H3,(H,23,25). The lowest BCUT2D eigenvalue weighted by Crippen LogP contribution is -2.30. The highest BCUT2D eigenvalue weighted by atomic mass is 35.5. The summed E-state index contributed by atoms with van der Waals surface area (Å²) in [7, 11) is -0.981. The molecule has 0 aliphatic carbocycles. The summed E-state index contributed by atoms with van der Waals surface area (Å²) in [6.07, 6.45) is 0. The van der Waals surface area contributed by atoms with Crippen molar-refractivity contribution in [3.8, 4) is 5.75 Å². The van der Waals surface area contributed by atoms with E-state index >= 15 is 0 Å². The molecule has 2 aromatic carbocycles. The van der Waals surface area contributed by atoms with E-state index in [4.69, 9.17) is 21.1 Å². The number of nitrogens with one attached hydrogen (secondary N) is 2. The van der Waals surface area contributed by atoms with Crippen molar-refractivity contribution in [3.05, 3.63) is 58.7 Å². The lowest BCUT2D eigenvalue weighted by atomic mass is 10.1. The molecule has 6 nitrogen and oxygen atoms in total. The van der Waals surface area contributed by atoms with Gasteiger partial charge in [-0.15, -0.1) is 0 Å². The normalized spacial score (nSPS) is 17.8. The smallest absolute Gasteiger partial charge is 0.268 e. The topological polar surface area (TPSA) is 84.2 Å². The van der Waals surface area contributed by atoms with Gasteiger partial charge >= 0.3 is 0 Å². The molecule has 2 N–H and O–H groups in total. The lowest BCUT2D eigenvalue weighted by molar-refractivity contribution is 0.0922. The minimum Gasteiger partial charge on any atom is -0.491 e. The molecule has 146 valence electrons. The van der Waals surface area contributed by atoms with Gasteiger partial charge in [-0.3, -0.25) is 4.79 Å². The van der Waals surface area contributed by atoms with Crippen molar-refractivity contribution in [3.63, 3.8) is 0 Å². The van der Waals surface area contributed by atoms with Gasteiger partial charge in [-0.05, 0) is 30.3 Å². The molecule has 0 saturated carbocycles. The molecule has 0 bridgehead atoms. The van der Waals surface area contributed by atoms with Crippen molar-refractivity contribution in [2.24, 2.45) is 7.05 Å². The van der Waals surface area contributed by atoms with Gasteiger partial charge in [0.05, 0.1) is 20.7 Å². The fourth-order valence-corrected chi connectivity index (χ4v) is 4.52. The Bertz CT molecular complexity index is 1200. The Balaban J connectivity index is 1.60. The number of hydrogen-bond acceptors (Lipinski definition) is 4. The third-order valence-electron chi connectivity index (χ3n) is 5.10. The summed E-state index contributed by atoms with van der Waals surface area (Å²) >= 11 is 6.06. The molecule has 0 radical (unpaired) electrons. The Hall–Kier alpha value is -2.51. The fraction of sp³-hybridized carbons (Fsp3) is 0.250. The summed E-state index contributed by atoms with van der Waals surface area (Å²) in [6.45, 7) is 2.02. The first-order valence-electron chi connectivity index (χ1n) is 8.89. The van der Waals surface area contributed by atoms with Crippen molar-refractivity contribution >= 4 is 38.1 Å². The van der Waals surface area contributed by atoms with Gasteiger partial charge in [0.25, 0.3) is 5.91 Å². The van der Waals surface area contributed by atoms with E-state index in [-0.39, 0.29) is 17.7 Å². The van der Waals surface area contributed by atoms with Gasteiger partial charge in [-0.2, -0.15) is 0 Å². The van der Waals surface area contributed by atoms with Gasteiger partial charge in [-0.1, -0.05) is 30.7 Å². The molecule has 3 aromatic rings. The van der Waals surface area contributed by atoms with Gasteiger partial charge in [0.1, 0.15) is 18.1 Å². The molecule has 0 saturated heterocycles. The van der Waals surface area contributed by atoms with E-state index in [2.05, 4.69) is 5.32 Å². The van der Waals surface area contributed by atoms with Crippen LogP contribution in [0.5, 0.6) is 5.75 Å². The third kappa shape index (κ3) is 3.14. The molecule has 4 rings (SSSR count). The minimum absolute atomic E-state index is 0.210. The maximum atomic E-state index is 12.9. The number of halogens is 1. The van der Waals surface area contributed by atoms with Crippen LogP contribution >= 0.6 is 11.6 Å². The quantitative estimate of drug-likeness (QED) is 0.669. The molecule has 2 unspecified atom stereocenters. The second-order valence-electron chi connectivity index (χ2n) is 6.79. The molecule has 8 heteroatoms. The van der Waals surface area contributed by atoms with E-state index in [9.17, 15) is 9.00 Å². The Kier molecular flexibility index (Phi) is 4.59. The van der Waals surface area contributed by atoms with Crippen molar-refractivity contribution < 1.29 is 13.7 Å². The van der Waals surface area contributed by atoms with E-state index < -0.39 is 9.73 Å². The molecular weight excluding hydrogens is 398 g/mol. The number of aryl methyl sites for hydroxylation is 1. The summed E-state index contributed by atoms with van der Waals surface area (Å²) in [5, 5.41) is 4.56. The molecular formula is C20H20ClN3O3S. The molecule has 2 atom stereocenters. The van der Waals surface area contributed by atoms with Crippen LogP contribution in [0.15, 0.2) is 47.4 Å². The monoisotopic (exact) mass is 417 g/mol. The van der Waals surface area contributed by atoms with Gasteiger partial charge in [0, 0.05) is 34.3 Å². The minimum atomic E-state index is -2.81. The largest absolute Gasteiger partial charge is 0.491 e. The first-order valence-corrected chi connectivity index (χ1v) is 11.0. The zero-order valence-corrected chi connectivity index (χ0v) is 17.1. The van der Waals surface area contributed by atoms with Crippen LogP contribution in [-0.4, -0.2) is 27.0 Å². The first kappa shape index (κ1) is 18.8. The van der Waals surface area contributed by atoms with Gasteiger partial charge in [-0.25, -0.2) is 8.99 Å². The van der Waals surface area contributed by atoms with Gasteiger partial charge in [0.15, 0.2) is 0 Å². The number of aromatic nitrogens is 1. The fourth-order valence-electron chi connectivity index (χ4n) is 3.43. The Morgan fingerprint density at radius 1 is 1.32 bits per heavy atom. The number of carbonyl (C=O) groups is 1. The number of nitrogens with zero attached hydrogens (tertiary/aromatic N) is 1. The third-order valence-corrected chi connectivity index (χ3v) is 7.16. The highest BCUT2D eigenvalue weighted by Crippen LogP contribution is 2.35. The maximum absolute atomic E-state index is 12.9. The Morgan fingerprint density at radius 2 is 2.11 bits per heavy atom. The lowest BCUT2D eigenvalue weighted by Gasteiger charge is -2.13. The van der Waals surface area contributed by atoms with Crippen molar-refractivity contribution in [1.29, 1.82) is 4.78 Å². The van der Waals surface area contributed by atoms with Gasteiger partial charge in [0.2, 0.25) is 0 Å². The first-order chi connectivity index (χ1) is 13.3. The second-order valence-corrected chi connectivity index (χ2v) is 9.63. The van der Waals surface area contributed by atoms with E-state index in [1.165, 1.54) is 0 Å². The van der Waals surface area contributed by atoms with Crippen LogP contribution in [-0.2, 0) is 16.8 Å². The van der Waals surface area contributed by atoms with Crippen LogP contribution in [0.25, 0.3) is 10.9 Å². The number of amides is 1. The van der Waals surface area contributed by atoms with Crippen LogP contribution in [0, 0.1) is 4.78 Å². The summed E-state index contributed by atoms with van der Waals surface area (Å²) in [4.78, 5) is 13.3. The van der Waals surface area contributed by atoms with Crippen molar-refractivity contribution in [1.82, 2.24) is 9.88 Å². The van der Waals surface area contributed by atoms with Gasteiger partial charge < -0.3 is 14.6 Å². The Labute approximate surface area is 168 Å². The molecule has 0 fully saturated rings. The molecule has 2 heterocycles. The molecule has 28 heavy (non-hydrogen) atoms. The number of benzene rings is 2. The SMILES string of the molecule is CCS(=N)(=O)c1ccc2c(c1)OCC2NC(=O)c1cc2ccc(Cl)cc2n1C. The maximum Gasteiger partial charge on any atom is 0.268 e. The predicted molar refractivity (Wildman–Crippen MR) is 110 cm³/mol. The summed E-state index contributed by atoms with van der Waals surface area (Å²) in [6, 6.07) is 12.2. The highest BCUT2D eigenvalue weighted by Gasteiger charge is 2.28. The van der Waals surface area contributed by atoms with Crippen LogP contribution < -0.4 is 10.1 Å². The molecule has 1 aliphatic heterocycles. The van der Waals surface area contributed by atoms with E-state index in [0.29, 0.717) is 28.0 Å². The highest BCUT2D eigenvalue weighted by molar-refractivity contribution is 7.92. The second kappa shape index (κ2) is 6.83. The number of rotatable bonds is 4. The van der Waals surface area contributed by atoms with Crippen LogP contribution in [0.4, 0.5) is 0 Å². The van der Waals surface area contributed by atoms with Crippen LogP contribution in [0.2, 0.25) is 5.02 Å². The Morgan fingerprint density at radius 3 is 2.86 bits per heavy atom. The summed E-state index contributed by atoms with van der Waals surface area (Å²) in [5.74, 6) is 0.607. The van der Waals surface area contributed by atoms with Crippen molar-refractivity contribution in [2.75, 3.05) is 12.4 Å². The molecule has 0 spiro atoms.